The lowest BCUT2D eigenvalue weighted by Crippen LogP contribution is -2.29. The van der Waals surface area contributed by atoms with Gasteiger partial charge in [0.1, 0.15) is 0 Å². The highest BCUT2D eigenvalue weighted by Crippen LogP contribution is 2.19. The van der Waals surface area contributed by atoms with Crippen molar-refractivity contribution >= 4 is 11.6 Å². The summed E-state index contributed by atoms with van der Waals surface area (Å²) in [5, 5.41) is 10.6. The molecule has 1 fully saturated rings. The van der Waals surface area contributed by atoms with Crippen LogP contribution in [0.3, 0.4) is 0 Å². The topological polar surface area (TPSA) is 68.2 Å². The summed E-state index contributed by atoms with van der Waals surface area (Å²) >= 11 is 0. The molecule has 1 aliphatic heterocycles. The predicted molar refractivity (Wildman–Crippen MR) is 77.7 cm³/mol. The van der Waals surface area contributed by atoms with Crippen molar-refractivity contribution in [2.24, 2.45) is 0 Å². The Morgan fingerprint density at radius 3 is 3.10 bits per heavy atom. The number of aromatic nitrogens is 2. The van der Waals surface area contributed by atoms with E-state index in [0.717, 1.165) is 38.0 Å². The molecular weight excluding hydrogens is 256 g/mol. The van der Waals surface area contributed by atoms with E-state index < -0.39 is 0 Å². The highest BCUT2D eigenvalue weighted by molar-refractivity contribution is 5.90. The number of ether oxygens (including phenoxy) is 1. The number of carbonyl (C=O) groups is 1. The molecule has 0 aliphatic carbocycles. The quantitative estimate of drug-likeness (QED) is 0.744. The molecule has 0 bridgehead atoms. The first-order chi connectivity index (χ1) is 9.79. The first-order valence-corrected chi connectivity index (χ1v) is 7.42. The van der Waals surface area contributed by atoms with E-state index in [1.165, 1.54) is 0 Å². The van der Waals surface area contributed by atoms with E-state index >= 15 is 0 Å². The van der Waals surface area contributed by atoms with Gasteiger partial charge in [0.2, 0.25) is 5.91 Å². The van der Waals surface area contributed by atoms with Gasteiger partial charge in [-0.05, 0) is 39.3 Å². The van der Waals surface area contributed by atoms with Crippen molar-refractivity contribution in [3.63, 3.8) is 0 Å². The van der Waals surface area contributed by atoms with Crippen LogP contribution in [-0.4, -0.2) is 42.0 Å². The summed E-state index contributed by atoms with van der Waals surface area (Å²) in [5.41, 5.74) is 0.782. The van der Waals surface area contributed by atoms with Gasteiger partial charge in [-0.25, -0.2) is 0 Å². The van der Waals surface area contributed by atoms with Crippen molar-refractivity contribution in [2.75, 3.05) is 31.6 Å². The molecule has 0 spiro atoms. The zero-order valence-corrected chi connectivity index (χ0v) is 12.1. The van der Waals surface area contributed by atoms with E-state index in [-0.39, 0.29) is 5.91 Å². The Kier molecular flexibility index (Phi) is 6.01. The van der Waals surface area contributed by atoms with E-state index in [1.54, 1.807) is 6.20 Å². The van der Waals surface area contributed by atoms with Crippen LogP contribution in [-0.2, 0) is 9.53 Å². The van der Waals surface area contributed by atoms with Crippen LogP contribution in [0.4, 0.5) is 5.69 Å². The lowest BCUT2D eigenvalue weighted by molar-refractivity contribution is -0.116. The monoisotopic (exact) mass is 280 g/mol. The molecule has 2 rings (SSSR count). The fourth-order valence-electron chi connectivity index (χ4n) is 2.38. The molecule has 1 aliphatic rings. The van der Waals surface area contributed by atoms with Crippen molar-refractivity contribution in [3.8, 4) is 0 Å². The Morgan fingerprint density at radius 2 is 2.35 bits per heavy atom. The van der Waals surface area contributed by atoms with Crippen LogP contribution in [0.5, 0.6) is 0 Å². The van der Waals surface area contributed by atoms with Crippen LogP contribution in [0.15, 0.2) is 12.4 Å². The van der Waals surface area contributed by atoms with Gasteiger partial charge in [-0.15, -0.1) is 0 Å². The van der Waals surface area contributed by atoms with Gasteiger partial charge in [0.15, 0.2) is 0 Å². The number of piperidine rings is 1. The summed E-state index contributed by atoms with van der Waals surface area (Å²) in [4.78, 5) is 11.7. The third-order valence-corrected chi connectivity index (χ3v) is 3.46. The third-order valence-electron chi connectivity index (χ3n) is 3.46. The van der Waals surface area contributed by atoms with E-state index in [4.69, 9.17) is 4.74 Å². The second-order valence-corrected chi connectivity index (χ2v) is 5.04. The Morgan fingerprint density at radius 1 is 1.55 bits per heavy atom. The number of rotatable bonds is 7. The number of amides is 1. The Balaban J connectivity index is 1.75. The molecule has 0 atom stereocenters. The summed E-state index contributed by atoms with van der Waals surface area (Å²) in [5.74, 6) is 0.0227. The molecule has 0 aromatic carbocycles. The van der Waals surface area contributed by atoms with E-state index in [1.807, 2.05) is 17.8 Å². The minimum Gasteiger partial charge on any atom is -0.382 e. The molecule has 6 heteroatoms. The molecule has 1 aromatic rings. The van der Waals surface area contributed by atoms with E-state index in [2.05, 4.69) is 15.7 Å². The third kappa shape index (κ3) is 4.61. The standard InChI is InChI=1S/C14H24N4O2/c1-2-20-9-3-4-14(19)17-12-10-16-18(11-12)13-5-7-15-8-6-13/h10-11,13,15H,2-9H2,1H3,(H,17,19). The van der Waals surface area contributed by atoms with Crippen LogP contribution < -0.4 is 10.6 Å². The molecule has 0 unspecified atom stereocenters. The number of nitrogens with one attached hydrogen (secondary N) is 2. The second-order valence-electron chi connectivity index (χ2n) is 5.04. The predicted octanol–water partition coefficient (Wildman–Crippen LogP) is 1.56. The molecule has 20 heavy (non-hydrogen) atoms. The smallest absolute Gasteiger partial charge is 0.224 e. The van der Waals surface area contributed by atoms with Crippen molar-refractivity contribution in [2.45, 2.75) is 38.6 Å². The maximum atomic E-state index is 11.7. The second kappa shape index (κ2) is 8.01. The zero-order chi connectivity index (χ0) is 14.2. The average Bonchev–Trinajstić information content (AvgIpc) is 2.93. The highest BCUT2D eigenvalue weighted by Gasteiger charge is 2.16. The van der Waals surface area contributed by atoms with Crippen molar-refractivity contribution in [3.05, 3.63) is 12.4 Å². The first-order valence-electron chi connectivity index (χ1n) is 7.42. The lowest BCUT2D eigenvalue weighted by atomic mass is 10.1. The van der Waals surface area contributed by atoms with Gasteiger partial charge in [-0.3, -0.25) is 9.48 Å². The molecule has 112 valence electrons. The number of carbonyl (C=O) groups excluding carboxylic acids is 1. The lowest BCUT2D eigenvalue weighted by Gasteiger charge is -2.22. The molecular formula is C14H24N4O2. The minimum atomic E-state index is 0.0227. The Bertz CT molecular complexity index is 413. The normalized spacial score (nSPS) is 16.2. The van der Waals surface area contributed by atoms with E-state index in [9.17, 15) is 4.79 Å². The molecule has 2 N–H and O–H groups in total. The number of nitrogens with zero attached hydrogens (tertiary/aromatic N) is 2. The van der Waals surface area contributed by atoms with Crippen LogP contribution >= 0.6 is 0 Å². The molecule has 1 aromatic heterocycles. The van der Waals surface area contributed by atoms with Gasteiger partial charge in [0, 0.05) is 25.8 Å². The number of hydrogen-bond acceptors (Lipinski definition) is 4. The van der Waals surface area contributed by atoms with Crippen molar-refractivity contribution in [1.29, 1.82) is 0 Å². The maximum Gasteiger partial charge on any atom is 0.224 e. The first kappa shape index (κ1) is 15.0. The minimum absolute atomic E-state index is 0.0227. The summed E-state index contributed by atoms with van der Waals surface area (Å²) in [6, 6.07) is 0.444. The average molecular weight is 280 g/mol. The number of anilines is 1. The van der Waals surface area contributed by atoms with Gasteiger partial charge >= 0.3 is 0 Å². The van der Waals surface area contributed by atoms with Gasteiger partial charge < -0.3 is 15.4 Å². The van der Waals surface area contributed by atoms with Gasteiger partial charge in [0.05, 0.1) is 17.9 Å². The molecule has 0 saturated carbocycles. The molecule has 0 radical (unpaired) electrons. The molecule has 2 heterocycles. The summed E-state index contributed by atoms with van der Waals surface area (Å²) in [6.45, 7) is 5.35. The van der Waals surface area contributed by atoms with Gasteiger partial charge in [-0.2, -0.15) is 5.10 Å². The fourth-order valence-corrected chi connectivity index (χ4v) is 2.38. The van der Waals surface area contributed by atoms with Crippen LogP contribution in [0.2, 0.25) is 0 Å². The largest absolute Gasteiger partial charge is 0.382 e. The van der Waals surface area contributed by atoms with Crippen molar-refractivity contribution < 1.29 is 9.53 Å². The van der Waals surface area contributed by atoms with Crippen LogP contribution in [0, 0.1) is 0 Å². The van der Waals surface area contributed by atoms with E-state index in [0.29, 0.717) is 25.7 Å². The summed E-state index contributed by atoms with van der Waals surface area (Å²) in [7, 11) is 0. The van der Waals surface area contributed by atoms with Gasteiger partial charge in [0.25, 0.3) is 0 Å². The van der Waals surface area contributed by atoms with Gasteiger partial charge in [-0.1, -0.05) is 0 Å². The van der Waals surface area contributed by atoms with Crippen LogP contribution in [0.1, 0.15) is 38.6 Å². The molecule has 6 nitrogen and oxygen atoms in total. The zero-order valence-electron chi connectivity index (χ0n) is 12.1. The summed E-state index contributed by atoms with van der Waals surface area (Å²) in [6.07, 6.45) is 7.06. The SMILES string of the molecule is CCOCCCC(=O)Nc1cnn(C2CCNCC2)c1. The fraction of sp³-hybridized carbons (Fsp3) is 0.714. The maximum absolute atomic E-state index is 11.7. The summed E-state index contributed by atoms with van der Waals surface area (Å²) < 4.78 is 7.18. The highest BCUT2D eigenvalue weighted by atomic mass is 16.5. The molecule has 1 amide bonds. The molecule has 1 saturated heterocycles. The number of hydrogen-bond donors (Lipinski definition) is 2. The van der Waals surface area contributed by atoms with Crippen molar-refractivity contribution in [1.82, 2.24) is 15.1 Å². The Labute approximate surface area is 119 Å². The Hall–Kier alpha value is -1.40. The van der Waals surface area contributed by atoms with Crippen LogP contribution in [0.25, 0.3) is 0 Å².